The smallest absolute Gasteiger partial charge is 0.243 e. The van der Waals surface area contributed by atoms with E-state index in [9.17, 15) is 9.59 Å². The molecule has 3 rings (SSSR count). The first-order valence-corrected chi connectivity index (χ1v) is 12.7. The van der Waals surface area contributed by atoms with E-state index in [1.807, 2.05) is 62.4 Å². The van der Waals surface area contributed by atoms with Gasteiger partial charge in [-0.15, -0.1) is 0 Å². The molecule has 1 N–H and O–H groups in total. The summed E-state index contributed by atoms with van der Waals surface area (Å²) in [6.07, 6.45) is 1.31. The number of benzene rings is 3. The predicted octanol–water partition coefficient (Wildman–Crippen LogP) is 6.74. The summed E-state index contributed by atoms with van der Waals surface area (Å²) in [5.74, 6) is -0.355. The molecule has 35 heavy (non-hydrogen) atoms. The van der Waals surface area contributed by atoms with Crippen molar-refractivity contribution in [2.24, 2.45) is 0 Å². The summed E-state index contributed by atoms with van der Waals surface area (Å²) in [6, 6.07) is 21.4. The molecule has 0 aliphatic heterocycles. The molecule has 2 atom stereocenters. The largest absolute Gasteiger partial charge is 0.352 e. The van der Waals surface area contributed by atoms with Gasteiger partial charge in [0.25, 0.3) is 0 Å². The van der Waals surface area contributed by atoms with Gasteiger partial charge in [-0.25, -0.2) is 0 Å². The highest BCUT2D eigenvalue weighted by molar-refractivity contribution is 6.42. The fourth-order valence-corrected chi connectivity index (χ4v) is 4.15. The standard InChI is InChI=1S/C28H29Cl3N2O2/c1-3-19(2)32-28(35)26(16-20-7-5-4-6-8-20)33(18-22-11-14-24(30)25(31)15-22)27(34)17-21-9-12-23(29)13-10-21/h4-15,19,26H,3,16-18H2,1-2H3,(H,32,35)/t19-,26-/m1/s1. The molecular formula is C28H29Cl3N2O2. The van der Waals surface area contributed by atoms with Crippen LogP contribution in [0.3, 0.4) is 0 Å². The number of nitrogens with one attached hydrogen (secondary N) is 1. The maximum absolute atomic E-state index is 13.7. The van der Waals surface area contributed by atoms with Crippen molar-refractivity contribution < 1.29 is 9.59 Å². The van der Waals surface area contributed by atoms with E-state index in [1.165, 1.54) is 0 Å². The van der Waals surface area contributed by atoms with Crippen LogP contribution < -0.4 is 5.32 Å². The average Bonchev–Trinajstić information content (AvgIpc) is 2.85. The van der Waals surface area contributed by atoms with Crippen LogP contribution in [0.1, 0.15) is 37.0 Å². The van der Waals surface area contributed by atoms with E-state index >= 15 is 0 Å². The third kappa shape index (κ3) is 7.99. The maximum atomic E-state index is 13.7. The Morgan fingerprint density at radius 1 is 0.857 bits per heavy atom. The summed E-state index contributed by atoms with van der Waals surface area (Å²) < 4.78 is 0. The van der Waals surface area contributed by atoms with Crippen molar-refractivity contribution in [2.75, 3.05) is 0 Å². The SMILES string of the molecule is CC[C@@H](C)NC(=O)[C@@H](Cc1ccccc1)N(Cc1ccc(Cl)c(Cl)c1)C(=O)Cc1ccc(Cl)cc1. The van der Waals surface area contributed by atoms with Gasteiger partial charge in [0.2, 0.25) is 11.8 Å². The molecule has 3 aromatic carbocycles. The fraction of sp³-hybridized carbons (Fsp3) is 0.286. The summed E-state index contributed by atoms with van der Waals surface area (Å²) in [4.78, 5) is 28.8. The van der Waals surface area contributed by atoms with Gasteiger partial charge in [0.05, 0.1) is 16.5 Å². The Bertz CT molecular complexity index is 1140. The van der Waals surface area contributed by atoms with Gasteiger partial charge in [-0.2, -0.15) is 0 Å². The van der Waals surface area contributed by atoms with Gasteiger partial charge >= 0.3 is 0 Å². The van der Waals surface area contributed by atoms with Crippen molar-refractivity contribution in [1.29, 1.82) is 0 Å². The number of hydrogen-bond acceptors (Lipinski definition) is 2. The van der Waals surface area contributed by atoms with Crippen LogP contribution in [0, 0.1) is 0 Å². The number of halogens is 3. The number of hydrogen-bond donors (Lipinski definition) is 1. The molecule has 0 aromatic heterocycles. The zero-order valence-corrected chi connectivity index (χ0v) is 22.1. The third-order valence-corrected chi connectivity index (χ3v) is 6.87. The second-order valence-corrected chi connectivity index (χ2v) is 9.85. The summed E-state index contributed by atoms with van der Waals surface area (Å²) in [5, 5.41) is 4.50. The monoisotopic (exact) mass is 530 g/mol. The van der Waals surface area contributed by atoms with E-state index in [1.54, 1.807) is 29.2 Å². The van der Waals surface area contributed by atoms with Gasteiger partial charge in [-0.3, -0.25) is 9.59 Å². The topological polar surface area (TPSA) is 49.4 Å². The average molecular weight is 532 g/mol. The molecule has 2 amide bonds. The Morgan fingerprint density at radius 3 is 2.14 bits per heavy atom. The molecule has 0 spiro atoms. The Labute approximate surface area is 222 Å². The number of amides is 2. The van der Waals surface area contributed by atoms with Crippen molar-refractivity contribution in [1.82, 2.24) is 10.2 Å². The highest BCUT2D eigenvalue weighted by atomic mass is 35.5. The molecule has 0 unspecified atom stereocenters. The maximum Gasteiger partial charge on any atom is 0.243 e. The molecule has 3 aromatic rings. The molecule has 7 heteroatoms. The first kappa shape index (κ1) is 27.1. The summed E-state index contributed by atoms with van der Waals surface area (Å²) >= 11 is 18.4. The second kappa shape index (κ2) is 13.0. The van der Waals surface area contributed by atoms with E-state index in [2.05, 4.69) is 5.32 Å². The minimum atomic E-state index is -0.708. The van der Waals surface area contributed by atoms with Gasteiger partial charge in [0, 0.05) is 24.0 Å². The first-order valence-electron chi connectivity index (χ1n) is 11.6. The molecular weight excluding hydrogens is 503 g/mol. The zero-order chi connectivity index (χ0) is 25.4. The lowest BCUT2D eigenvalue weighted by Crippen LogP contribution is -2.52. The highest BCUT2D eigenvalue weighted by Gasteiger charge is 2.31. The lowest BCUT2D eigenvalue weighted by atomic mass is 10.0. The minimum absolute atomic E-state index is 0.0148. The third-order valence-electron chi connectivity index (χ3n) is 5.88. The van der Waals surface area contributed by atoms with Crippen molar-refractivity contribution in [3.8, 4) is 0 Å². The zero-order valence-electron chi connectivity index (χ0n) is 19.8. The van der Waals surface area contributed by atoms with Crippen LogP contribution in [0.2, 0.25) is 15.1 Å². The lowest BCUT2D eigenvalue weighted by molar-refractivity contribution is -0.141. The molecule has 0 fully saturated rings. The second-order valence-electron chi connectivity index (χ2n) is 8.60. The van der Waals surface area contributed by atoms with E-state index in [4.69, 9.17) is 34.8 Å². The van der Waals surface area contributed by atoms with Crippen molar-refractivity contribution in [3.05, 3.63) is 105 Å². The van der Waals surface area contributed by atoms with Crippen LogP contribution in [0.15, 0.2) is 72.8 Å². The minimum Gasteiger partial charge on any atom is -0.352 e. The summed E-state index contributed by atoms with van der Waals surface area (Å²) in [6.45, 7) is 4.18. The molecule has 0 saturated heterocycles. The Balaban J connectivity index is 1.98. The van der Waals surface area contributed by atoms with Crippen molar-refractivity contribution in [3.63, 3.8) is 0 Å². The molecule has 0 heterocycles. The van der Waals surface area contributed by atoms with Gasteiger partial charge in [0.1, 0.15) is 6.04 Å². The van der Waals surface area contributed by atoms with Crippen LogP contribution in [0.5, 0.6) is 0 Å². The number of carbonyl (C=O) groups is 2. The van der Waals surface area contributed by atoms with Crippen molar-refractivity contribution >= 4 is 46.6 Å². The van der Waals surface area contributed by atoms with Gasteiger partial charge in [0.15, 0.2) is 0 Å². The van der Waals surface area contributed by atoms with Gasteiger partial charge in [-0.1, -0.05) is 90.3 Å². The molecule has 184 valence electrons. The Hall–Kier alpha value is -2.53. The predicted molar refractivity (Wildman–Crippen MR) is 144 cm³/mol. The van der Waals surface area contributed by atoms with E-state index < -0.39 is 6.04 Å². The highest BCUT2D eigenvalue weighted by Crippen LogP contribution is 2.25. The Kier molecular flexibility index (Phi) is 10.0. The van der Waals surface area contributed by atoms with Gasteiger partial charge < -0.3 is 10.2 Å². The number of rotatable bonds is 10. The van der Waals surface area contributed by atoms with E-state index in [-0.39, 0.29) is 30.8 Å². The number of carbonyl (C=O) groups excluding carboxylic acids is 2. The van der Waals surface area contributed by atoms with E-state index in [0.29, 0.717) is 21.5 Å². The summed E-state index contributed by atoms with van der Waals surface area (Å²) in [5.41, 5.74) is 2.58. The van der Waals surface area contributed by atoms with Gasteiger partial charge in [-0.05, 0) is 54.3 Å². The quantitative estimate of drug-likeness (QED) is 0.315. The number of nitrogens with zero attached hydrogens (tertiary/aromatic N) is 1. The molecule has 0 radical (unpaired) electrons. The van der Waals surface area contributed by atoms with Crippen LogP contribution in [0.25, 0.3) is 0 Å². The van der Waals surface area contributed by atoms with Crippen molar-refractivity contribution in [2.45, 2.75) is 51.7 Å². The molecule has 4 nitrogen and oxygen atoms in total. The summed E-state index contributed by atoms with van der Waals surface area (Å²) in [7, 11) is 0. The fourth-order valence-electron chi connectivity index (χ4n) is 3.71. The Morgan fingerprint density at radius 2 is 1.51 bits per heavy atom. The van der Waals surface area contributed by atoms with Crippen LogP contribution in [-0.2, 0) is 29.0 Å². The van der Waals surface area contributed by atoms with E-state index in [0.717, 1.165) is 23.1 Å². The molecule has 0 saturated carbocycles. The van der Waals surface area contributed by atoms with Crippen LogP contribution in [0.4, 0.5) is 0 Å². The van der Waals surface area contributed by atoms with Crippen LogP contribution in [-0.4, -0.2) is 28.8 Å². The first-order chi connectivity index (χ1) is 16.8. The molecule has 0 aliphatic rings. The molecule has 0 bridgehead atoms. The molecule has 0 aliphatic carbocycles. The van der Waals surface area contributed by atoms with Crippen LogP contribution >= 0.6 is 34.8 Å². The lowest BCUT2D eigenvalue weighted by Gasteiger charge is -2.32. The normalized spacial score (nSPS) is 12.6.